The van der Waals surface area contributed by atoms with Crippen molar-refractivity contribution in [3.05, 3.63) is 77.1 Å². The summed E-state index contributed by atoms with van der Waals surface area (Å²) >= 11 is 0. The SMILES string of the molecule is Cc1cnc2[nH]ccc2c1Cc1ccc(NCc2ccnc(N3CCOCC3)c2)nc1F. The molecule has 1 saturated heterocycles. The Morgan fingerprint density at radius 1 is 1.16 bits per heavy atom. The average Bonchev–Trinajstić information content (AvgIpc) is 3.31. The smallest absolute Gasteiger partial charge is 0.218 e. The topological polar surface area (TPSA) is 79.0 Å². The largest absolute Gasteiger partial charge is 0.378 e. The number of pyridine rings is 3. The van der Waals surface area contributed by atoms with Gasteiger partial charge in [-0.2, -0.15) is 4.39 Å². The lowest BCUT2D eigenvalue weighted by molar-refractivity contribution is 0.122. The zero-order valence-electron chi connectivity index (χ0n) is 17.9. The van der Waals surface area contributed by atoms with Crippen LogP contribution in [0.2, 0.25) is 0 Å². The third kappa shape index (κ3) is 4.27. The number of aromatic nitrogens is 4. The molecule has 1 fully saturated rings. The first-order chi connectivity index (χ1) is 15.7. The number of hydrogen-bond donors (Lipinski definition) is 2. The molecule has 4 aromatic rings. The first-order valence-corrected chi connectivity index (χ1v) is 10.8. The number of nitrogens with one attached hydrogen (secondary N) is 2. The van der Waals surface area contributed by atoms with E-state index in [-0.39, 0.29) is 0 Å². The third-order valence-corrected chi connectivity index (χ3v) is 5.83. The monoisotopic (exact) mass is 432 g/mol. The summed E-state index contributed by atoms with van der Waals surface area (Å²) in [6, 6.07) is 9.61. The highest BCUT2D eigenvalue weighted by atomic mass is 19.1. The van der Waals surface area contributed by atoms with E-state index >= 15 is 0 Å². The van der Waals surface area contributed by atoms with Crippen molar-refractivity contribution in [1.29, 1.82) is 0 Å². The van der Waals surface area contributed by atoms with Crippen molar-refractivity contribution >= 4 is 22.7 Å². The van der Waals surface area contributed by atoms with Crippen LogP contribution in [-0.4, -0.2) is 46.2 Å². The van der Waals surface area contributed by atoms with Gasteiger partial charge in [-0.15, -0.1) is 0 Å². The Labute approximate surface area is 185 Å². The van der Waals surface area contributed by atoms with Gasteiger partial charge in [0.25, 0.3) is 0 Å². The standard InChI is InChI=1S/C24H25FN6O/c1-16-14-29-24-19(5-7-27-24)20(16)13-18-2-3-21(30-23(18)25)28-15-17-4-6-26-22(12-17)31-8-10-32-11-9-31/h2-7,12,14H,8-11,13,15H2,1H3,(H,27,29)(H,28,30). The maximum atomic E-state index is 14.8. The molecule has 4 aromatic heterocycles. The highest BCUT2D eigenvalue weighted by molar-refractivity contribution is 5.80. The fourth-order valence-corrected chi connectivity index (χ4v) is 4.01. The molecule has 0 saturated carbocycles. The molecule has 1 aliphatic heterocycles. The van der Waals surface area contributed by atoms with E-state index in [0.717, 1.165) is 46.6 Å². The maximum Gasteiger partial charge on any atom is 0.218 e. The number of rotatable bonds is 6. The van der Waals surface area contributed by atoms with Gasteiger partial charge in [-0.3, -0.25) is 0 Å². The van der Waals surface area contributed by atoms with Crippen LogP contribution in [0.1, 0.15) is 22.3 Å². The second-order valence-corrected chi connectivity index (χ2v) is 7.96. The number of anilines is 2. The van der Waals surface area contributed by atoms with Crippen LogP contribution < -0.4 is 10.2 Å². The molecule has 0 bridgehead atoms. The quantitative estimate of drug-likeness (QED) is 0.451. The molecule has 5 rings (SSSR count). The maximum absolute atomic E-state index is 14.8. The summed E-state index contributed by atoms with van der Waals surface area (Å²) in [5.41, 5.74) is 4.53. The van der Waals surface area contributed by atoms with Crippen molar-refractivity contribution in [1.82, 2.24) is 19.9 Å². The molecule has 0 atom stereocenters. The molecule has 0 spiro atoms. The number of hydrogen-bond acceptors (Lipinski definition) is 6. The summed E-state index contributed by atoms with van der Waals surface area (Å²) in [4.78, 5) is 18.3. The molecule has 2 N–H and O–H groups in total. The highest BCUT2D eigenvalue weighted by Gasteiger charge is 2.14. The van der Waals surface area contributed by atoms with E-state index in [1.54, 1.807) is 12.3 Å². The number of morpholine rings is 1. The Kier molecular flexibility index (Phi) is 5.68. The van der Waals surface area contributed by atoms with Crippen molar-refractivity contribution in [2.75, 3.05) is 36.5 Å². The van der Waals surface area contributed by atoms with Gasteiger partial charge < -0.3 is 19.9 Å². The molecule has 0 unspecified atom stereocenters. The zero-order valence-corrected chi connectivity index (χ0v) is 17.9. The van der Waals surface area contributed by atoms with Crippen molar-refractivity contribution in [3.63, 3.8) is 0 Å². The predicted molar refractivity (Wildman–Crippen MR) is 122 cm³/mol. The van der Waals surface area contributed by atoms with Gasteiger partial charge in [-0.25, -0.2) is 15.0 Å². The summed E-state index contributed by atoms with van der Waals surface area (Å²) < 4.78 is 20.2. The summed E-state index contributed by atoms with van der Waals surface area (Å²) in [6.07, 6.45) is 5.94. The van der Waals surface area contributed by atoms with Crippen LogP contribution in [0.25, 0.3) is 11.0 Å². The minimum Gasteiger partial charge on any atom is -0.378 e. The van der Waals surface area contributed by atoms with Gasteiger partial charge in [0, 0.05) is 55.6 Å². The molecule has 8 heteroatoms. The first-order valence-electron chi connectivity index (χ1n) is 10.8. The number of aryl methyl sites for hydroxylation is 1. The van der Waals surface area contributed by atoms with Crippen molar-refractivity contribution in [2.45, 2.75) is 19.9 Å². The number of fused-ring (bicyclic) bond motifs is 1. The number of aromatic amines is 1. The minimum absolute atomic E-state index is 0.460. The van der Waals surface area contributed by atoms with E-state index in [9.17, 15) is 4.39 Å². The minimum atomic E-state index is -0.460. The van der Waals surface area contributed by atoms with Gasteiger partial charge in [0.15, 0.2) is 0 Å². The molecule has 5 heterocycles. The molecule has 0 aromatic carbocycles. The van der Waals surface area contributed by atoms with E-state index in [0.29, 0.717) is 37.6 Å². The van der Waals surface area contributed by atoms with Crippen LogP contribution in [0, 0.1) is 12.9 Å². The van der Waals surface area contributed by atoms with Crippen LogP contribution in [0.3, 0.4) is 0 Å². The van der Waals surface area contributed by atoms with Gasteiger partial charge in [0.1, 0.15) is 17.3 Å². The molecule has 1 aliphatic rings. The molecule has 164 valence electrons. The fraction of sp³-hybridized carbons (Fsp3) is 0.292. The lowest BCUT2D eigenvalue weighted by Gasteiger charge is -2.28. The molecule has 0 amide bonds. The summed E-state index contributed by atoms with van der Waals surface area (Å²) in [5, 5.41) is 4.24. The van der Waals surface area contributed by atoms with E-state index in [4.69, 9.17) is 4.74 Å². The van der Waals surface area contributed by atoms with Gasteiger partial charge in [-0.05, 0) is 47.9 Å². The van der Waals surface area contributed by atoms with Crippen LogP contribution in [0.4, 0.5) is 16.0 Å². The zero-order chi connectivity index (χ0) is 21.9. The van der Waals surface area contributed by atoms with Crippen LogP contribution in [-0.2, 0) is 17.7 Å². The van der Waals surface area contributed by atoms with Crippen molar-refractivity contribution < 1.29 is 9.13 Å². The Morgan fingerprint density at radius 2 is 2.03 bits per heavy atom. The number of nitrogens with zero attached hydrogens (tertiary/aromatic N) is 4. The van der Waals surface area contributed by atoms with E-state index < -0.39 is 5.95 Å². The van der Waals surface area contributed by atoms with Gasteiger partial charge >= 0.3 is 0 Å². The van der Waals surface area contributed by atoms with Crippen molar-refractivity contribution in [2.24, 2.45) is 0 Å². The van der Waals surface area contributed by atoms with Gasteiger partial charge in [-0.1, -0.05) is 6.07 Å². The van der Waals surface area contributed by atoms with Crippen LogP contribution in [0.15, 0.2) is 48.9 Å². The number of ether oxygens (including phenoxy) is 1. The van der Waals surface area contributed by atoms with Crippen LogP contribution >= 0.6 is 0 Å². The summed E-state index contributed by atoms with van der Waals surface area (Å²) in [6.45, 7) is 5.64. The summed E-state index contributed by atoms with van der Waals surface area (Å²) in [7, 11) is 0. The second kappa shape index (κ2) is 8.92. The second-order valence-electron chi connectivity index (χ2n) is 7.96. The number of H-pyrrole nitrogens is 1. The van der Waals surface area contributed by atoms with Gasteiger partial charge in [0.05, 0.1) is 13.2 Å². The lowest BCUT2D eigenvalue weighted by atomic mass is 10.0. The van der Waals surface area contributed by atoms with E-state index in [1.165, 1.54) is 0 Å². The van der Waals surface area contributed by atoms with Gasteiger partial charge in [0.2, 0.25) is 5.95 Å². The van der Waals surface area contributed by atoms with E-state index in [1.807, 2.05) is 37.5 Å². The average molecular weight is 433 g/mol. The first kappa shape index (κ1) is 20.4. The third-order valence-electron chi connectivity index (χ3n) is 5.83. The Hall–Kier alpha value is -3.52. The molecule has 0 aliphatic carbocycles. The Balaban J connectivity index is 1.28. The molecule has 0 radical (unpaired) electrons. The highest BCUT2D eigenvalue weighted by Crippen LogP contribution is 2.24. The van der Waals surface area contributed by atoms with Crippen LogP contribution in [0.5, 0.6) is 0 Å². The van der Waals surface area contributed by atoms with Crippen molar-refractivity contribution in [3.8, 4) is 0 Å². The normalized spacial score (nSPS) is 14.1. The fourth-order valence-electron chi connectivity index (χ4n) is 4.01. The Morgan fingerprint density at radius 3 is 2.88 bits per heavy atom. The molecule has 32 heavy (non-hydrogen) atoms. The predicted octanol–water partition coefficient (Wildman–Crippen LogP) is 3.84. The Bertz CT molecular complexity index is 1230. The molecule has 7 nitrogen and oxygen atoms in total. The van der Waals surface area contributed by atoms with E-state index in [2.05, 4.69) is 36.2 Å². The number of halogens is 1. The molecular formula is C24H25FN6O. The molecular weight excluding hydrogens is 407 g/mol. The lowest BCUT2D eigenvalue weighted by Crippen LogP contribution is -2.36. The summed E-state index contributed by atoms with van der Waals surface area (Å²) in [5.74, 6) is 0.985.